The van der Waals surface area contributed by atoms with Gasteiger partial charge in [0.2, 0.25) is 11.8 Å². The average Bonchev–Trinajstić information content (AvgIpc) is 2.86. The van der Waals surface area contributed by atoms with Gasteiger partial charge in [-0.25, -0.2) is 0 Å². The van der Waals surface area contributed by atoms with Crippen LogP contribution in [0.2, 0.25) is 0 Å². The van der Waals surface area contributed by atoms with Crippen LogP contribution >= 0.6 is 31.9 Å². The molecule has 0 bridgehead atoms. The highest BCUT2D eigenvalue weighted by molar-refractivity contribution is 9.10. The second-order valence-corrected chi connectivity index (χ2v) is 14.1. The van der Waals surface area contributed by atoms with Gasteiger partial charge in [0.05, 0.1) is 81.3 Å². The Balaban J connectivity index is 4.35. The molecule has 5 N–H and O–H groups in total. The molecule has 0 saturated heterocycles. The van der Waals surface area contributed by atoms with Crippen LogP contribution in [0.15, 0.2) is 0 Å². The van der Waals surface area contributed by atoms with Crippen LogP contribution in [0.25, 0.3) is 0 Å². The molecule has 0 aromatic heterocycles. The number of carbonyl (C=O) groups excluding carboxylic acids is 2. The highest BCUT2D eigenvalue weighted by Crippen LogP contribution is 2.21. The minimum Gasteiger partial charge on any atom is -0.394 e. The molecule has 39 heavy (non-hydrogen) atoms. The molecule has 0 aromatic carbocycles. The monoisotopic (exact) mass is 693 g/mol. The molecule has 14 heteroatoms. The smallest absolute Gasteiger partial charge is 0.236 e. The van der Waals surface area contributed by atoms with Gasteiger partial charge >= 0.3 is 0 Å². The molecule has 232 valence electrons. The van der Waals surface area contributed by atoms with Crippen molar-refractivity contribution in [3.63, 3.8) is 0 Å². The van der Waals surface area contributed by atoms with Gasteiger partial charge in [0.1, 0.15) is 6.10 Å². The third kappa shape index (κ3) is 20.2. The summed E-state index contributed by atoms with van der Waals surface area (Å²) in [6.07, 6.45) is -0.867. The lowest BCUT2D eigenvalue weighted by atomic mass is 9.88. The zero-order valence-corrected chi connectivity index (χ0v) is 27.2. The first-order valence-electron chi connectivity index (χ1n) is 13.0. The van der Waals surface area contributed by atoms with Gasteiger partial charge in [-0.15, -0.1) is 0 Å². The number of aliphatic hydroxyl groups is 2. The minimum atomic E-state index is -0.867. The Morgan fingerprint density at radius 2 is 1.10 bits per heavy atom. The van der Waals surface area contributed by atoms with Crippen molar-refractivity contribution in [2.45, 2.75) is 42.4 Å². The molecule has 12 nitrogen and oxygen atoms in total. The molecule has 0 saturated carbocycles. The predicted molar refractivity (Wildman–Crippen MR) is 156 cm³/mol. The summed E-state index contributed by atoms with van der Waals surface area (Å²) in [7, 11) is 1.81. The van der Waals surface area contributed by atoms with Crippen LogP contribution in [-0.4, -0.2) is 136 Å². The molecule has 1 atom stereocenters. The topological polar surface area (TPSA) is 157 Å². The van der Waals surface area contributed by atoms with Crippen LogP contribution in [0.5, 0.6) is 0 Å². The van der Waals surface area contributed by atoms with Gasteiger partial charge in [-0.2, -0.15) is 0 Å². The SMILES string of the molecule is CNCC(CNC(=O)C(C)(C)Br)(CNC(=O)C(C)(C)Br)COCCOCCOCCOCCOCC(O)CO. The van der Waals surface area contributed by atoms with E-state index in [1.807, 2.05) is 7.05 Å². The Hall–Kier alpha value is -0.420. The highest BCUT2D eigenvalue weighted by Gasteiger charge is 2.35. The van der Waals surface area contributed by atoms with Crippen molar-refractivity contribution >= 4 is 43.7 Å². The average molecular weight is 695 g/mol. The molecule has 0 fully saturated rings. The maximum atomic E-state index is 12.5. The van der Waals surface area contributed by atoms with E-state index < -0.39 is 20.2 Å². The number of hydrogen-bond acceptors (Lipinski definition) is 10. The summed E-state index contributed by atoms with van der Waals surface area (Å²) >= 11 is 6.75. The minimum absolute atomic E-state index is 0.0754. The lowest BCUT2D eigenvalue weighted by molar-refractivity contribution is -0.123. The van der Waals surface area contributed by atoms with E-state index in [4.69, 9.17) is 33.9 Å². The van der Waals surface area contributed by atoms with Gasteiger partial charge in [0.25, 0.3) is 0 Å². The molecule has 0 spiro atoms. The normalized spacial score (nSPS) is 13.4. The second-order valence-electron chi connectivity index (χ2n) is 10.1. The lowest BCUT2D eigenvalue weighted by Crippen LogP contribution is -2.55. The van der Waals surface area contributed by atoms with E-state index in [9.17, 15) is 9.59 Å². The molecule has 1 unspecified atom stereocenters. The fourth-order valence-corrected chi connectivity index (χ4v) is 3.29. The van der Waals surface area contributed by atoms with E-state index in [2.05, 4.69) is 47.8 Å². The standard InChI is InChI=1S/C25H49Br2N3O9/c1-23(2,26)21(33)29-17-25(16-28-5,18-30-22(34)24(3,4)27)19-39-13-11-37-9-7-35-6-8-36-10-12-38-15-20(32)14-31/h20,28,31-32H,6-19H2,1-5H3,(H,29,33)(H,30,34). The molecule has 0 rings (SSSR count). The molecule has 0 heterocycles. The zero-order valence-electron chi connectivity index (χ0n) is 24.0. The van der Waals surface area contributed by atoms with E-state index in [0.29, 0.717) is 79.1 Å². The first-order valence-corrected chi connectivity index (χ1v) is 14.6. The maximum Gasteiger partial charge on any atom is 0.236 e. The van der Waals surface area contributed by atoms with Crippen molar-refractivity contribution in [1.29, 1.82) is 0 Å². The number of nitrogens with one attached hydrogen (secondary N) is 3. The number of aliphatic hydroxyl groups excluding tert-OH is 2. The Bertz CT molecular complexity index is 632. The van der Waals surface area contributed by atoms with Crippen molar-refractivity contribution in [3.8, 4) is 0 Å². The van der Waals surface area contributed by atoms with Gasteiger partial charge < -0.3 is 49.8 Å². The van der Waals surface area contributed by atoms with Crippen LogP contribution in [-0.2, 0) is 33.3 Å². The summed E-state index contributed by atoms with van der Waals surface area (Å²) in [4.78, 5) is 24.9. The first-order chi connectivity index (χ1) is 18.3. The van der Waals surface area contributed by atoms with Crippen molar-refractivity contribution in [3.05, 3.63) is 0 Å². The molecular weight excluding hydrogens is 646 g/mol. The van der Waals surface area contributed by atoms with Crippen LogP contribution in [0, 0.1) is 5.41 Å². The van der Waals surface area contributed by atoms with Crippen molar-refractivity contribution in [2.24, 2.45) is 5.41 Å². The second kappa shape index (κ2) is 21.3. The van der Waals surface area contributed by atoms with Gasteiger partial charge in [-0.05, 0) is 34.7 Å². The number of carbonyl (C=O) groups is 2. The van der Waals surface area contributed by atoms with E-state index in [1.165, 1.54) is 0 Å². The number of hydrogen-bond donors (Lipinski definition) is 5. The lowest BCUT2D eigenvalue weighted by Gasteiger charge is -2.35. The van der Waals surface area contributed by atoms with Crippen LogP contribution in [0.1, 0.15) is 27.7 Å². The Labute approximate surface area is 249 Å². The summed E-state index contributed by atoms with van der Waals surface area (Å²) < 4.78 is 26.0. The van der Waals surface area contributed by atoms with Crippen molar-refractivity contribution < 1.29 is 43.5 Å². The summed E-state index contributed by atoms with van der Waals surface area (Å²) in [5.41, 5.74) is -0.580. The first kappa shape index (κ1) is 38.6. The fraction of sp³-hybridized carbons (Fsp3) is 0.920. The molecule has 0 aromatic rings. The molecule has 0 aliphatic carbocycles. The number of amides is 2. The van der Waals surface area contributed by atoms with Crippen molar-refractivity contribution in [1.82, 2.24) is 16.0 Å². The highest BCUT2D eigenvalue weighted by atomic mass is 79.9. The quantitative estimate of drug-likeness (QED) is 0.0661. The van der Waals surface area contributed by atoms with E-state index in [-0.39, 0.29) is 25.0 Å². The Morgan fingerprint density at radius 3 is 1.46 bits per heavy atom. The number of ether oxygens (including phenoxy) is 5. The summed E-state index contributed by atoms with van der Waals surface area (Å²) in [6.45, 7) is 11.3. The van der Waals surface area contributed by atoms with Crippen molar-refractivity contribution in [2.75, 3.05) is 99.4 Å². The maximum absolute atomic E-state index is 12.5. The summed E-state index contributed by atoms with van der Waals surface area (Å²) in [5.74, 6) is -0.315. The van der Waals surface area contributed by atoms with E-state index in [1.54, 1.807) is 27.7 Å². The molecule has 0 aliphatic rings. The molecular formula is C25H49Br2N3O9. The number of rotatable bonds is 25. The number of alkyl halides is 2. The number of halogens is 2. The zero-order chi connectivity index (χ0) is 29.8. The molecule has 2 amide bonds. The molecule has 0 aliphatic heterocycles. The predicted octanol–water partition coefficient (Wildman–Crippen LogP) is 0.208. The Kier molecular flexibility index (Phi) is 21.1. The van der Waals surface area contributed by atoms with E-state index in [0.717, 1.165) is 0 Å². The van der Waals surface area contributed by atoms with Gasteiger partial charge in [0, 0.05) is 25.0 Å². The van der Waals surface area contributed by atoms with Gasteiger partial charge in [-0.1, -0.05) is 31.9 Å². The Morgan fingerprint density at radius 1 is 0.718 bits per heavy atom. The van der Waals surface area contributed by atoms with Crippen LogP contribution in [0.4, 0.5) is 0 Å². The van der Waals surface area contributed by atoms with Gasteiger partial charge in [-0.3, -0.25) is 9.59 Å². The van der Waals surface area contributed by atoms with E-state index >= 15 is 0 Å². The third-order valence-electron chi connectivity index (χ3n) is 5.30. The summed E-state index contributed by atoms with van der Waals surface area (Å²) in [6, 6.07) is 0. The fourth-order valence-electron chi connectivity index (χ4n) is 3.01. The van der Waals surface area contributed by atoms with Crippen LogP contribution < -0.4 is 16.0 Å². The molecule has 0 radical (unpaired) electrons. The third-order valence-corrected chi connectivity index (χ3v) is 6.02. The summed E-state index contributed by atoms with van der Waals surface area (Å²) in [5, 5.41) is 26.9. The largest absolute Gasteiger partial charge is 0.394 e. The van der Waals surface area contributed by atoms with Crippen LogP contribution in [0.3, 0.4) is 0 Å². The van der Waals surface area contributed by atoms with Gasteiger partial charge in [0.15, 0.2) is 0 Å².